The molecule has 0 aliphatic carbocycles. The van der Waals surface area contributed by atoms with Gasteiger partial charge in [0, 0.05) is 24.2 Å². The molecule has 2 atom stereocenters. The number of aliphatic carboxylic acids is 1. The van der Waals surface area contributed by atoms with Crippen LogP contribution in [0.1, 0.15) is 47.9 Å². The summed E-state index contributed by atoms with van der Waals surface area (Å²) in [5.41, 5.74) is 4.85. The molecule has 5 aromatic rings. The van der Waals surface area contributed by atoms with E-state index in [1.54, 1.807) is 4.68 Å². The van der Waals surface area contributed by atoms with Gasteiger partial charge in [-0.15, -0.1) is 16.4 Å². The molecule has 1 aliphatic rings. The Bertz CT molecular complexity index is 1950. The molecule has 0 fully saturated rings. The monoisotopic (exact) mass is 625 g/mol. The van der Waals surface area contributed by atoms with Crippen LogP contribution >= 0.6 is 22.9 Å². The fourth-order valence-electron chi connectivity index (χ4n) is 5.61. The zero-order valence-electron chi connectivity index (χ0n) is 23.1. The molecule has 6 rings (SSSR count). The number of aryl methyl sites for hydroxylation is 2. The first-order chi connectivity index (χ1) is 20.1. The molecule has 42 heavy (non-hydrogen) atoms. The Balaban J connectivity index is 1.47. The summed E-state index contributed by atoms with van der Waals surface area (Å²) in [6.07, 6.45) is 0.00360. The number of benzene rings is 2. The van der Waals surface area contributed by atoms with Crippen LogP contribution in [-0.2, 0) is 28.4 Å². The number of aromatic nitrogens is 4. The van der Waals surface area contributed by atoms with E-state index in [-0.39, 0.29) is 35.4 Å². The number of carbonyl (C=O) groups is 1. The maximum Gasteiger partial charge on any atom is 0.304 e. The summed E-state index contributed by atoms with van der Waals surface area (Å²) >= 11 is 7.58. The molecule has 13 heteroatoms. The van der Waals surface area contributed by atoms with Crippen LogP contribution in [0.25, 0.3) is 21.1 Å². The van der Waals surface area contributed by atoms with Crippen molar-refractivity contribution in [2.45, 2.75) is 50.2 Å². The molecule has 0 bridgehead atoms. The number of sulfonamides is 1. The normalized spacial score (nSPS) is 17.6. The molecule has 0 saturated carbocycles. The molecule has 3 aromatic heterocycles. The van der Waals surface area contributed by atoms with Gasteiger partial charge in [0.25, 0.3) is 0 Å². The average molecular weight is 626 g/mol. The van der Waals surface area contributed by atoms with Gasteiger partial charge in [0.2, 0.25) is 15.9 Å². The molecule has 1 N–H and O–H groups in total. The van der Waals surface area contributed by atoms with Crippen molar-refractivity contribution < 1.29 is 23.1 Å². The van der Waals surface area contributed by atoms with Gasteiger partial charge >= 0.3 is 5.97 Å². The van der Waals surface area contributed by atoms with Gasteiger partial charge in [-0.25, -0.2) is 18.1 Å². The third kappa shape index (κ3) is 5.02. The maximum atomic E-state index is 13.9. The highest BCUT2D eigenvalue weighted by molar-refractivity contribution is 7.89. The lowest BCUT2D eigenvalue weighted by Gasteiger charge is -2.24. The van der Waals surface area contributed by atoms with Crippen LogP contribution in [0.15, 0.2) is 52.7 Å². The SMILES string of the molecule is CC[C@@H]1CN(Cc2cc(C(CC(=O)O)c3ccc4c(nnn4C)c3C)cc3ccsc23)S(=O)(=O)c2ccc(Cl)nc2O1. The predicted molar refractivity (Wildman–Crippen MR) is 161 cm³/mol. The number of rotatable bonds is 7. The van der Waals surface area contributed by atoms with Crippen molar-refractivity contribution in [3.8, 4) is 5.88 Å². The molecule has 1 unspecified atom stereocenters. The van der Waals surface area contributed by atoms with E-state index in [4.69, 9.17) is 16.3 Å². The smallest absolute Gasteiger partial charge is 0.304 e. The largest absolute Gasteiger partial charge is 0.481 e. The first kappa shape index (κ1) is 28.5. The van der Waals surface area contributed by atoms with E-state index >= 15 is 0 Å². The van der Waals surface area contributed by atoms with Gasteiger partial charge in [0.05, 0.1) is 18.5 Å². The zero-order valence-corrected chi connectivity index (χ0v) is 25.5. The summed E-state index contributed by atoms with van der Waals surface area (Å²) < 4.78 is 37.8. The molecule has 2 aromatic carbocycles. The van der Waals surface area contributed by atoms with Crippen molar-refractivity contribution in [2.75, 3.05) is 6.54 Å². The third-order valence-corrected chi connectivity index (χ3v) is 10.8. The summed E-state index contributed by atoms with van der Waals surface area (Å²) in [7, 11) is -2.17. The van der Waals surface area contributed by atoms with E-state index < -0.39 is 28.0 Å². The molecule has 0 spiro atoms. The Labute approximate surface area is 251 Å². The second-order valence-electron chi connectivity index (χ2n) is 10.4. The number of nitrogens with zero attached hydrogens (tertiary/aromatic N) is 5. The Hall–Kier alpha value is -3.58. The number of carboxylic acids is 1. The highest BCUT2D eigenvalue weighted by Crippen LogP contribution is 2.39. The standard InChI is InChI=1S/C29H28ClN5O5S2/c1-4-20-15-35(42(38,39)24-7-8-25(30)31-29(24)40-20)14-19-12-18(11-17-9-10-41-28(17)19)22(13-26(36)37)21-5-6-23-27(16(21)2)32-33-34(23)3/h5-12,20,22H,4,13-15H2,1-3H3,(H,36,37)/t20-,22?/m1/s1. The molecular formula is C29H28ClN5O5S2. The fourth-order valence-corrected chi connectivity index (χ4v) is 8.14. The predicted octanol–water partition coefficient (Wildman–Crippen LogP) is 5.51. The van der Waals surface area contributed by atoms with E-state index in [0.717, 1.165) is 43.4 Å². The number of fused-ring (bicyclic) bond motifs is 3. The molecule has 4 heterocycles. The average Bonchev–Trinajstić information content (AvgIpc) is 3.55. The van der Waals surface area contributed by atoms with Gasteiger partial charge in [0.15, 0.2) is 0 Å². The number of halogens is 1. The molecule has 0 amide bonds. The van der Waals surface area contributed by atoms with E-state index in [1.807, 2.05) is 56.6 Å². The minimum absolute atomic E-state index is 0.00303. The maximum absolute atomic E-state index is 13.9. The minimum atomic E-state index is -3.98. The Kier molecular flexibility index (Phi) is 7.42. The van der Waals surface area contributed by atoms with Crippen LogP contribution < -0.4 is 4.74 Å². The Morgan fingerprint density at radius 2 is 2.05 bits per heavy atom. The van der Waals surface area contributed by atoms with Crippen LogP contribution in [-0.4, -0.2) is 56.4 Å². The summed E-state index contributed by atoms with van der Waals surface area (Å²) in [5.74, 6) is -1.42. The van der Waals surface area contributed by atoms with E-state index in [9.17, 15) is 18.3 Å². The summed E-state index contributed by atoms with van der Waals surface area (Å²) in [6, 6.07) is 12.6. The first-order valence-electron chi connectivity index (χ1n) is 13.4. The van der Waals surface area contributed by atoms with Gasteiger partial charge in [-0.1, -0.05) is 35.9 Å². The minimum Gasteiger partial charge on any atom is -0.481 e. The zero-order chi connectivity index (χ0) is 29.8. The molecule has 218 valence electrons. The molecule has 1 aliphatic heterocycles. The van der Waals surface area contributed by atoms with Crippen molar-refractivity contribution in [3.05, 3.63) is 75.3 Å². The number of pyridine rings is 1. The summed E-state index contributed by atoms with van der Waals surface area (Å²) in [6.45, 7) is 4.07. The number of hydrogen-bond donors (Lipinski definition) is 1. The van der Waals surface area contributed by atoms with E-state index in [0.29, 0.717) is 6.42 Å². The topological polar surface area (TPSA) is 128 Å². The van der Waals surface area contributed by atoms with Crippen LogP contribution in [0.2, 0.25) is 5.15 Å². The number of thiophene rings is 1. The van der Waals surface area contributed by atoms with Gasteiger partial charge in [0.1, 0.15) is 21.7 Å². The quantitative estimate of drug-likeness (QED) is 0.235. The van der Waals surface area contributed by atoms with Crippen LogP contribution in [0.3, 0.4) is 0 Å². The second-order valence-corrected chi connectivity index (χ2v) is 13.6. The fraction of sp³-hybridized carbons (Fsp3) is 0.310. The number of hydrogen-bond acceptors (Lipinski definition) is 8. The lowest BCUT2D eigenvalue weighted by atomic mass is 9.84. The highest BCUT2D eigenvalue weighted by Gasteiger charge is 2.36. The van der Waals surface area contributed by atoms with Crippen LogP contribution in [0.5, 0.6) is 5.88 Å². The number of carboxylic acid groups (broad SMARTS) is 1. The van der Waals surface area contributed by atoms with Crippen molar-refractivity contribution >= 4 is 60.0 Å². The van der Waals surface area contributed by atoms with Crippen molar-refractivity contribution in [3.63, 3.8) is 0 Å². The van der Waals surface area contributed by atoms with Crippen molar-refractivity contribution in [1.82, 2.24) is 24.3 Å². The van der Waals surface area contributed by atoms with Gasteiger partial charge < -0.3 is 9.84 Å². The van der Waals surface area contributed by atoms with Gasteiger partial charge in [-0.05, 0) is 76.7 Å². The highest BCUT2D eigenvalue weighted by atomic mass is 35.5. The summed E-state index contributed by atoms with van der Waals surface area (Å²) in [5, 5.41) is 21.4. The van der Waals surface area contributed by atoms with E-state index in [2.05, 4.69) is 15.3 Å². The second kappa shape index (κ2) is 10.9. The van der Waals surface area contributed by atoms with E-state index in [1.165, 1.54) is 27.8 Å². The van der Waals surface area contributed by atoms with Crippen LogP contribution in [0, 0.1) is 6.92 Å². The Morgan fingerprint density at radius 3 is 2.81 bits per heavy atom. The third-order valence-electron chi connectivity index (χ3n) is 7.78. The van der Waals surface area contributed by atoms with Gasteiger partial charge in [-0.2, -0.15) is 4.31 Å². The molecule has 10 nitrogen and oxygen atoms in total. The first-order valence-corrected chi connectivity index (χ1v) is 16.1. The van der Waals surface area contributed by atoms with Crippen molar-refractivity contribution in [2.24, 2.45) is 7.05 Å². The van der Waals surface area contributed by atoms with Gasteiger partial charge in [-0.3, -0.25) is 4.79 Å². The van der Waals surface area contributed by atoms with Crippen LogP contribution in [0.4, 0.5) is 0 Å². The summed E-state index contributed by atoms with van der Waals surface area (Å²) in [4.78, 5) is 16.3. The Morgan fingerprint density at radius 1 is 1.24 bits per heavy atom. The molecule has 0 saturated heterocycles. The lowest BCUT2D eigenvalue weighted by Crippen LogP contribution is -2.36. The lowest BCUT2D eigenvalue weighted by molar-refractivity contribution is -0.137. The van der Waals surface area contributed by atoms with Crippen molar-refractivity contribution in [1.29, 1.82) is 0 Å². The molecule has 0 radical (unpaired) electrons. The number of ether oxygens (including phenoxy) is 1. The molecular weight excluding hydrogens is 598 g/mol.